The fourth-order valence-corrected chi connectivity index (χ4v) is 3.19. The Hall–Kier alpha value is -0.610. The first-order valence-electron chi connectivity index (χ1n) is 7.56. The number of hydrogen-bond donors (Lipinski definition) is 1. The van der Waals surface area contributed by atoms with E-state index in [-0.39, 0.29) is 0 Å². The Labute approximate surface area is 121 Å². The summed E-state index contributed by atoms with van der Waals surface area (Å²) in [5.41, 5.74) is 1.37. The van der Waals surface area contributed by atoms with Crippen LogP contribution in [0.2, 0.25) is 0 Å². The Bertz CT molecular complexity index is 396. The SMILES string of the molecule is CCCCN(C)c1nc(C2CC2)c(CNC(C)C)s1. The van der Waals surface area contributed by atoms with Gasteiger partial charge in [0.25, 0.3) is 0 Å². The van der Waals surface area contributed by atoms with Crippen LogP contribution in [0.3, 0.4) is 0 Å². The third-order valence-electron chi connectivity index (χ3n) is 3.52. The molecule has 0 atom stereocenters. The summed E-state index contributed by atoms with van der Waals surface area (Å²) in [6.07, 6.45) is 5.15. The fourth-order valence-electron chi connectivity index (χ4n) is 2.10. The van der Waals surface area contributed by atoms with Crippen LogP contribution in [0.1, 0.15) is 62.9 Å². The summed E-state index contributed by atoms with van der Waals surface area (Å²) >= 11 is 1.88. The van der Waals surface area contributed by atoms with Gasteiger partial charge in [-0.25, -0.2) is 4.98 Å². The second-order valence-corrected chi connectivity index (χ2v) is 6.95. The first-order chi connectivity index (χ1) is 9.11. The number of rotatable bonds is 8. The molecule has 0 aliphatic heterocycles. The van der Waals surface area contributed by atoms with Gasteiger partial charge in [-0.2, -0.15) is 0 Å². The molecule has 2 rings (SSSR count). The molecule has 0 bridgehead atoms. The number of unbranched alkanes of at least 4 members (excludes halogenated alkanes) is 1. The van der Waals surface area contributed by atoms with E-state index in [1.807, 2.05) is 11.3 Å². The zero-order chi connectivity index (χ0) is 13.8. The Morgan fingerprint density at radius 3 is 2.74 bits per heavy atom. The van der Waals surface area contributed by atoms with E-state index >= 15 is 0 Å². The molecule has 0 saturated heterocycles. The molecule has 1 aliphatic carbocycles. The Morgan fingerprint density at radius 2 is 2.16 bits per heavy atom. The minimum atomic E-state index is 0.537. The van der Waals surface area contributed by atoms with Crippen molar-refractivity contribution in [2.45, 2.75) is 65.0 Å². The van der Waals surface area contributed by atoms with Crippen molar-refractivity contribution >= 4 is 16.5 Å². The smallest absolute Gasteiger partial charge is 0.185 e. The van der Waals surface area contributed by atoms with Crippen LogP contribution in [0.25, 0.3) is 0 Å². The van der Waals surface area contributed by atoms with Crippen molar-refractivity contribution in [2.75, 3.05) is 18.5 Å². The second kappa shape index (κ2) is 6.71. The third-order valence-corrected chi connectivity index (χ3v) is 4.71. The van der Waals surface area contributed by atoms with Crippen molar-refractivity contribution in [1.82, 2.24) is 10.3 Å². The minimum absolute atomic E-state index is 0.537. The summed E-state index contributed by atoms with van der Waals surface area (Å²) in [6.45, 7) is 8.73. The van der Waals surface area contributed by atoms with Crippen LogP contribution in [-0.4, -0.2) is 24.6 Å². The lowest BCUT2D eigenvalue weighted by Gasteiger charge is -2.14. The highest BCUT2D eigenvalue weighted by atomic mass is 32.1. The topological polar surface area (TPSA) is 28.2 Å². The van der Waals surface area contributed by atoms with E-state index in [9.17, 15) is 0 Å². The number of anilines is 1. The monoisotopic (exact) mass is 281 g/mol. The van der Waals surface area contributed by atoms with Crippen molar-refractivity contribution in [3.05, 3.63) is 10.6 Å². The second-order valence-electron chi connectivity index (χ2n) is 5.89. The lowest BCUT2D eigenvalue weighted by molar-refractivity contribution is 0.590. The zero-order valence-electron chi connectivity index (χ0n) is 12.7. The van der Waals surface area contributed by atoms with Gasteiger partial charge in [-0.05, 0) is 19.3 Å². The van der Waals surface area contributed by atoms with Crippen LogP contribution in [-0.2, 0) is 6.54 Å². The standard InChI is InChI=1S/C15H27N3S/c1-5-6-9-18(4)15-17-14(12-7-8-12)13(19-15)10-16-11(2)3/h11-12,16H,5-10H2,1-4H3. The number of hydrogen-bond acceptors (Lipinski definition) is 4. The summed E-state index contributed by atoms with van der Waals surface area (Å²) < 4.78 is 0. The highest BCUT2D eigenvalue weighted by molar-refractivity contribution is 7.15. The van der Waals surface area contributed by atoms with Crippen LogP contribution in [0.5, 0.6) is 0 Å². The largest absolute Gasteiger partial charge is 0.351 e. The summed E-state index contributed by atoms with van der Waals surface area (Å²) in [4.78, 5) is 8.68. The van der Waals surface area contributed by atoms with Crippen LogP contribution in [0, 0.1) is 0 Å². The van der Waals surface area contributed by atoms with Gasteiger partial charge in [0.15, 0.2) is 5.13 Å². The van der Waals surface area contributed by atoms with Crippen molar-refractivity contribution in [1.29, 1.82) is 0 Å². The molecule has 0 amide bonds. The third kappa shape index (κ3) is 4.18. The average molecular weight is 281 g/mol. The Kier molecular flexibility index (Phi) is 5.22. The lowest BCUT2D eigenvalue weighted by Crippen LogP contribution is -2.21. The molecule has 4 heteroatoms. The van der Waals surface area contributed by atoms with Crippen LogP contribution in [0.15, 0.2) is 0 Å². The van der Waals surface area contributed by atoms with Crippen molar-refractivity contribution in [2.24, 2.45) is 0 Å². The van der Waals surface area contributed by atoms with E-state index in [0.717, 1.165) is 19.0 Å². The molecule has 1 aromatic heterocycles. The quantitative estimate of drug-likeness (QED) is 0.786. The van der Waals surface area contributed by atoms with Gasteiger partial charge in [-0.3, -0.25) is 0 Å². The van der Waals surface area contributed by atoms with Gasteiger partial charge in [0.2, 0.25) is 0 Å². The molecule has 1 aromatic rings. The summed E-state index contributed by atoms with van der Waals surface area (Å²) in [6, 6.07) is 0.537. The predicted octanol–water partition coefficient (Wildman–Crippen LogP) is 3.75. The molecular formula is C15H27N3S. The van der Waals surface area contributed by atoms with Gasteiger partial charge in [0.05, 0.1) is 5.69 Å². The molecule has 19 heavy (non-hydrogen) atoms. The van der Waals surface area contributed by atoms with Gasteiger partial charge in [-0.1, -0.05) is 27.2 Å². The maximum Gasteiger partial charge on any atom is 0.185 e. The first kappa shape index (κ1) is 14.8. The molecule has 0 spiro atoms. The molecule has 1 fully saturated rings. The zero-order valence-corrected chi connectivity index (χ0v) is 13.5. The first-order valence-corrected chi connectivity index (χ1v) is 8.37. The van der Waals surface area contributed by atoms with E-state index in [1.54, 1.807) is 0 Å². The molecule has 1 heterocycles. The summed E-state index contributed by atoms with van der Waals surface area (Å²) in [5, 5.41) is 4.74. The highest BCUT2D eigenvalue weighted by Crippen LogP contribution is 2.44. The molecule has 0 aromatic carbocycles. The average Bonchev–Trinajstić information content (AvgIpc) is 3.13. The molecule has 1 saturated carbocycles. The maximum atomic E-state index is 4.91. The molecule has 0 unspecified atom stereocenters. The van der Waals surface area contributed by atoms with Gasteiger partial charge in [0, 0.05) is 37.0 Å². The molecule has 108 valence electrons. The fraction of sp³-hybridized carbons (Fsp3) is 0.800. The molecule has 0 radical (unpaired) electrons. The number of thiazole rings is 1. The number of nitrogens with zero attached hydrogens (tertiary/aromatic N) is 2. The van der Waals surface area contributed by atoms with E-state index in [4.69, 9.17) is 4.98 Å². The molecule has 3 nitrogen and oxygen atoms in total. The molecular weight excluding hydrogens is 254 g/mol. The highest BCUT2D eigenvalue weighted by Gasteiger charge is 2.30. The van der Waals surface area contributed by atoms with E-state index in [2.05, 4.69) is 38.0 Å². The number of aromatic nitrogens is 1. The van der Waals surface area contributed by atoms with Crippen molar-refractivity contribution < 1.29 is 0 Å². The van der Waals surface area contributed by atoms with Crippen molar-refractivity contribution in [3.63, 3.8) is 0 Å². The van der Waals surface area contributed by atoms with Gasteiger partial charge in [-0.15, -0.1) is 11.3 Å². The molecule has 1 N–H and O–H groups in total. The normalized spacial score (nSPS) is 15.2. The predicted molar refractivity (Wildman–Crippen MR) is 84.2 cm³/mol. The minimum Gasteiger partial charge on any atom is -0.351 e. The van der Waals surface area contributed by atoms with Gasteiger partial charge < -0.3 is 10.2 Å². The van der Waals surface area contributed by atoms with Crippen LogP contribution >= 0.6 is 11.3 Å². The lowest BCUT2D eigenvalue weighted by atomic mass is 10.2. The Balaban J connectivity index is 2.05. The maximum absolute atomic E-state index is 4.91. The van der Waals surface area contributed by atoms with Crippen LogP contribution < -0.4 is 10.2 Å². The van der Waals surface area contributed by atoms with E-state index in [1.165, 1.54) is 41.4 Å². The summed E-state index contributed by atoms with van der Waals surface area (Å²) in [7, 11) is 2.17. The van der Waals surface area contributed by atoms with Gasteiger partial charge >= 0.3 is 0 Å². The van der Waals surface area contributed by atoms with Crippen molar-refractivity contribution in [3.8, 4) is 0 Å². The van der Waals surface area contributed by atoms with Crippen LogP contribution in [0.4, 0.5) is 5.13 Å². The Morgan fingerprint density at radius 1 is 1.42 bits per heavy atom. The van der Waals surface area contributed by atoms with Gasteiger partial charge in [0.1, 0.15) is 0 Å². The number of nitrogens with one attached hydrogen (secondary N) is 1. The van der Waals surface area contributed by atoms with E-state index in [0.29, 0.717) is 6.04 Å². The summed E-state index contributed by atoms with van der Waals surface area (Å²) in [5.74, 6) is 0.744. The molecule has 1 aliphatic rings. The van der Waals surface area contributed by atoms with E-state index < -0.39 is 0 Å².